The number of rotatable bonds is 6. The first-order valence-electron chi connectivity index (χ1n) is 9.01. The fourth-order valence-electron chi connectivity index (χ4n) is 3.11. The molecule has 0 saturated carbocycles. The van der Waals surface area contributed by atoms with Gasteiger partial charge in [0.1, 0.15) is 0 Å². The number of hydrogen-bond donors (Lipinski definition) is 1. The maximum atomic E-state index is 12.4. The Kier molecular flexibility index (Phi) is 6.02. The number of benzene rings is 2. The Bertz CT molecular complexity index is 736. The predicted octanol–water partition coefficient (Wildman–Crippen LogP) is 2.65. The van der Waals surface area contributed by atoms with Crippen LogP contribution in [0.15, 0.2) is 54.6 Å². The number of hydrogen-bond acceptors (Lipinski definition) is 4. The van der Waals surface area contributed by atoms with E-state index in [1.54, 1.807) is 19.1 Å². The highest BCUT2D eigenvalue weighted by atomic mass is 16.2. The fraction of sp³-hybridized carbons (Fsp3) is 0.333. The molecule has 2 aromatic rings. The van der Waals surface area contributed by atoms with Crippen LogP contribution in [0.2, 0.25) is 0 Å². The molecule has 0 unspecified atom stereocenters. The normalized spacial score (nSPS) is 14.9. The third kappa shape index (κ3) is 4.92. The summed E-state index contributed by atoms with van der Waals surface area (Å²) in [6, 6.07) is 17.6. The highest BCUT2D eigenvalue weighted by molar-refractivity contribution is 5.94. The Morgan fingerprint density at radius 3 is 2.19 bits per heavy atom. The molecule has 5 nitrogen and oxygen atoms in total. The van der Waals surface area contributed by atoms with Crippen LogP contribution < -0.4 is 5.32 Å². The molecule has 2 aromatic carbocycles. The van der Waals surface area contributed by atoms with Crippen molar-refractivity contribution in [3.63, 3.8) is 0 Å². The first kappa shape index (κ1) is 18.1. The minimum Gasteiger partial charge on any atom is -0.376 e. The van der Waals surface area contributed by atoms with E-state index in [0.29, 0.717) is 5.56 Å². The Morgan fingerprint density at radius 2 is 1.58 bits per heavy atom. The zero-order valence-corrected chi connectivity index (χ0v) is 15.1. The number of nitrogens with one attached hydrogen (secondary N) is 1. The summed E-state index contributed by atoms with van der Waals surface area (Å²) in [5.74, 6) is 0.154. The van der Waals surface area contributed by atoms with E-state index in [2.05, 4.69) is 34.5 Å². The third-order valence-corrected chi connectivity index (χ3v) is 4.71. The van der Waals surface area contributed by atoms with Crippen LogP contribution in [0.1, 0.15) is 22.8 Å². The number of carbonyl (C=O) groups is 2. The van der Waals surface area contributed by atoms with Gasteiger partial charge < -0.3 is 10.2 Å². The molecular weight excluding hydrogens is 326 g/mol. The SMILES string of the molecule is CC(=O)c1ccc(NCC(=O)N2CCN(Cc3ccccc3)CC2)cc1. The molecule has 0 atom stereocenters. The second-order valence-electron chi connectivity index (χ2n) is 6.63. The number of Topliss-reactive ketones (excluding diaryl/α,β-unsaturated/α-hetero) is 1. The van der Waals surface area contributed by atoms with Crippen molar-refractivity contribution in [2.75, 3.05) is 38.0 Å². The average Bonchev–Trinajstić information content (AvgIpc) is 2.68. The van der Waals surface area contributed by atoms with Gasteiger partial charge in [-0.05, 0) is 36.8 Å². The molecule has 3 rings (SSSR count). The molecule has 1 fully saturated rings. The van der Waals surface area contributed by atoms with Crippen molar-refractivity contribution < 1.29 is 9.59 Å². The van der Waals surface area contributed by atoms with Crippen LogP contribution >= 0.6 is 0 Å². The lowest BCUT2D eigenvalue weighted by Crippen LogP contribution is -2.49. The highest BCUT2D eigenvalue weighted by Crippen LogP contribution is 2.11. The van der Waals surface area contributed by atoms with E-state index in [9.17, 15) is 9.59 Å². The molecule has 0 spiro atoms. The molecule has 0 aromatic heterocycles. The van der Waals surface area contributed by atoms with Crippen LogP contribution in [-0.4, -0.2) is 54.2 Å². The number of ketones is 1. The number of anilines is 1. The van der Waals surface area contributed by atoms with Crippen molar-refractivity contribution in [1.82, 2.24) is 9.80 Å². The molecule has 1 aliphatic rings. The molecule has 1 aliphatic heterocycles. The Balaban J connectivity index is 1.42. The molecule has 136 valence electrons. The van der Waals surface area contributed by atoms with Crippen LogP contribution in [0.3, 0.4) is 0 Å². The zero-order valence-electron chi connectivity index (χ0n) is 15.1. The largest absolute Gasteiger partial charge is 0.376 e. The topological polar surface area (TPSA) is 52.7 Å². The van der Waals surface area contributed by atoms with Crippen LogP contribution in [0.4, 0.5) is 5.69 Å². The molecule has 26 heavy (non-hydrogen) atoms. The van der Waals surface area contributed by atoms with Crippen molar-refractivity contribution >= 4 is 17.4 Å². The molecule has 0 aliphatic carbocycles. The van der Waals surface area contributed by atoms with Gasteiger partial charge >= 0.3 is 0 Å². The predicted molar refractivity (Wildman–Crippen MR) is 103 cm³/mol. The maximum absolute atomic E-state index is 12.4. The van der Waals surface area contributed by atoms with Gasteiger partial charge in [-0.1, -0.05) is 30.3 Å². The van der Waals surface area contributed by atoms with E-state index in [4.69, 9.17) is 0 Å². The minimum absolute atomic E-state index is 0.0426. The smallest absolute Gasteiger partial charge is 0.241 e. The first-order chi connectivity index (χ1) is 12.6. The molecule has 0 bridgehead atoms. The van der Waals surface area contributed by atoms with Crippen molar-refractivity contribution in [1.29, 1.82) is 0 Å². The van der Waals surface area contributed by atoms with Gasteiger partial charge in [0.05, 0.1) is 6.54 Å². The van der Waals surface area contributed by atoms with E-state index in [0.717, 1.165) is 38.4 Å². The lowest BCUT2D eigenvalue weighted by Gasteiger charge is -2.34. The molecule has 0 radical (unpaired) electrons. The summed E-state index contributed by atoms with van der Waals surface area (Å²) in [6.45, 7) is 6.07. The summed E-state index contributed by atoms with van der Waals surface area (Å²) in [5, 5.41) is 3.14. The number of piperazine rings is 1. The maximum Gasteiger partial charge on any atom is 0.241 e. The van der Waals surface area contributed by atoms with Gasteiger partial charge in [-0.15, -0.1) is 0 Å². The highest BCUT2D eigenvalue weighted by Gasteiger charge is 2.20. The second kappa shape index (κ2) is 8.63. The number of carbonyl (C=O) groups excluding carboxylic acids is 2. The minimum atomic E-state index is 0.0426. The number of amides is 1. The van der Waals surface area contributed by atoms with Crippen LogP contribution in [0.5, 0.6) is 0 Å². The van der Waals surface area contributed by atoms with E-state index in [1.807, 2.05) is 23.1 Å². The quantitative estimate of drug-likeness (QED) is 0.813. The molecule has 1 saturated heterocycles. The van der Waals surface area contributed by atoms with Gasteiger partial charge in [-0.25, -0.2) is 0 Å². The third-order valence-electron chi connectivity index (χ3n) is 4.71. The number of nitrogens with zero attached hydrogens (tertiary/aromatic N) is 2. The molecule has 1 heterocycles. The summed E-state index contributed by atoms with van der Waals surface area (Å²) in [4.78, 5) is 28.0. The summed E-state index contributed by atoms with van der Waals surface area (Å²) < 4.78 is 0. The van der Waals surface area contributed by atoms with Crippen molar-refractivity contribution in [2.45, 2.75) is 13.5 Å². The summed E-state index contributed by atoms with van der Waals surface area (Å²) >= 11 is 0. The van der Waals surface area contributed by atoms with Gasteiger partial charge in [0.2, 0.25) is 5.91 Å². The van der Waals surface area contributed by atoms with E-state index < -0.39 is 0 Å². The average molecular weight is 351 g/mol. The van der Waals surface area contributed by atoms with Crippen LogP contribution in [0.25, 0.3) is 0 Å². The fourth-order valence-corrected chi connectivity index (χ4v) is 3.11. The van der Waals surface area contributed by atoms with Gasteiger partial charge in [0.25, 0.3) is 0 Å². The molecule has 1 N–H and O–H groups in total. The van der Waals surface area contributed by atoms with Crippen LogP contribution in [-0.2, 0) is 11.3 Å². The van der Waals surface area contributed by atoms with E-state index in [-0.39, 0.29) is 18.2 Å². The van der Waals surface area contributed by atoms with Crippen molar-refractivity contribution in [3.05, 3.63) is 65.7 Å². The van der Waals surface area contributed by atoms with Crippen LogP contribution in [0, 0.1) is 0 Å². The van der Waals surface area contributed by atoms with Gasteiger partial charge in [-0.3, -0.25) is 14.5 Å². The standard InChI is InChI=1S/C21H25N3O2/c1-17(25)19-7-9-20(10-8-19)22-15-21(26)24-13-11-23(12-14-24)16-18-5-3-2-4-6-18/h2-10,22H,11-16H2,1H3. The Hall–Kier alpha value is -2.66. The summed E-state index contributed by atoms with van der Waals surface area (Å²) in [7, 11) is 0. The summed E-state index contributed by atoms with van der Waals surface area (Å²) in [6.07, 6.45) is 0. The lowest BCUT2D eigenvalue weighted by atomic mass is 10.1. The first-order valence-corrected chi connectivity index (χ1v) is 9.01. The Labute approximate surface area is 154 Å². The lowest BCUT2D eigenvalue weighted by molar-refractivity contribution is -0.131. The van der Waals surface area contributed by atoms with Gasteiger partial charge in [0, 0.05) is 44.0 Å². The van der Waals surface area contributed by atoms with Gasteiger partial charge in [-0.2, -0.15) is 0 Å². The molecule has 5 heteroatoms. The van der Waals surface area contributed by atoms with E-state index in [1.165, 1.54) is 5.56 Å². The van der Waals surface area contributed by atoms with Crippen molar-refractivity contribution in [2.24, 2.45) is 0 Å². The Morgan fingerprint density at radius 1 is 0.923 bits per heavy atom. The summed E-state index contributed by atoms with van der Waals surface area (Å²) in [5.41, 5.74) is 2.84. The van der Waals surface area contributed by atoms with E-state index >= 15 is 0 Å². The van der Waals surface area contributed by atoms with Crippen molar-refractivity contribution in [3.8, 4) is 0 Å². The molecular formula is C21H25N3O2. The molecule has 1 amide bonds. The van der Waals surface area contributed by atoms with Gasteiger partial charge in [0.15, 0.2) is 5.78 Å². The second-order valence-corrected chi connectivity index (χ2v) is 6.63. The zero-order chi connectivity index (χ0) is 18.4. The monoisotopic (exact) mass is 351 g/mol.